The van der Waals surface area contributed by atoms with Crippen molar-refractivity contribution in [2.75, 3.05) is 6.54 Å². The second kappa shape index (κ2) is 5.16. The third-order valence-electron chi connectivity index (χ3n) is 4.17. The quantitative estimate of drug-likeness (QED) is 0.846. The van der Waals surface area contributed by atoms with Crippen molar-refractivity contribution in [3.63, 3.8) is 0 Å². The van der Waals surface area contributed by atoms with E-state index in [0.717, 1.165) is 23.3 Å². The summed E-state index contributed by atoms with van der Waals surface area (Å²) in [5, 5.41) is 1.85. The fraction of sp³-hybridized carbons (Fsp3) is 0.692. The summed E-state index contributed by atoms with van der Waals surface area (Å²) in [5.74, 6) is 0.507. The molecule has 0 atom stereocenters. The van der Waals surface area contributed by atoms with Crippen molar-refractivity contribution in [1.29, 1.82) is 0 Å². The lowest BCUT2D eigenvalue weighted by atomic mass is 9.93. The molecule has 0 saturated heterocycles. The highest BCUT2D eigenvalue weighted by atomic mass is 32.2. The van der Waals surface area contributed by atoms with Gasteiger partial charge in [0, 0.05) is 18.0 Å². The number of sulfonamides is 1. The first-order valence-corrected chi connectivity index (χ1v) is 8.95. The average Bonchev–Trinajstić information content (AvgIpc) is 3.04. The van der Waals surface area contributed by atoms with Crippen LogP contribution in [-0.2, 0) is 16.6 Å². The average molecular weight is 302 g/mol. The smallest absolute Gasteiger partial charge is 0.242 e. The summed E-state index contributed by atoms with van der Waals surface area (Å²) in [4.78, 5) is 1.12. The summed E-state index contributed by atoms with van der Waals surface area (Å²) in [6.45, 7) is 6.93. The van der Waals surface area contributed by atoms with Gasteiger partial charge in [-0.15, -0.1) is 11.3 Å². The fourth-order valence-electron chi connectivity index (χ4n) is 2.42. The van der Waals surface area contributed by atoms with Crippen molar-refractivity contribution in [3.05, 3.63) is 15.8 Å². The van der Waals surface area contributed by atoms with Gasteiger partial charge in [0.15, 0.2) is 0 Å². The van der Waals surface area contributed by atoms with Crippen LogP contribution in [0.5, 0.6) is 0 Å². The number of nitrogens with one attached hydrogen (secondary N) is 1. The molecule has 0 spiro atoms. The number of hydrogen-bond acceptors (Lipinski definition) is 4. The molecule has 1 aliphatic rings. The lowest BCUT2D eigenvalue weighted by molar-refractivity contribution is 0.357. The largest absolute Gasteiger partial charge is 0.326 e. The lowest BCUT2D eigenvalue weighted by Gasteiger charge is -2.20. The van der Waals surface area contributed by atoms with E-state index in [9.17, 15) is 8.42 Å². The van der Waals surface area contributed by atoms with Crippen LogP contribution in [0.3, 0.4) is 0 Å². The van der Waals surface area contributed by atoms with Crippen LogP contribution in [0.4, 0.5) is 0 Å². The molecule has 1 aromatic rings. The van der Waals surface area contributed by atoms with Gasteiger partial charge in [-0.25, -0.2) is 13.1 Å². The maximum Gasteiger partial charge on any atom is 0.242 e. The highest BCUT2D eigenvalue weighted by Gasteiger charge is 2.45. The molecule has 1 saturated carbocycles. The maximum atomic E-state index is 12.4. The first-order valence-electron chi connectivity index (χ1n) is 6.59. The molecule has 0 aromatic carbocycles. The zero-order valence-corrected chi connectivity index (χ0v) is 13.3. The van der Waals surface area contributed by atoms with Crippen molar-refractivity contribution >= 4 is 21.4 Å². The highest BCUT2D eigenvalue weighted by Crippen LogP contribution is 2.51. The van der Waals surface area contributed by atoms with Crippen molar-refractivity contribution in [1.82, 2.24) is 4.72 Å². The zero-order chi connectivity index (χ0) is 14.3. The molecule has 0 amide bonds. The van der Waals surface area contributed by atoms with Gasteiger partial charge in [0.25, 0.3) is 0 Å². The Balaban J connectivity index is 2.17. The summed E-state index contributed by atoms with van der Waals surface area (Å²) in [5.41, 5.74) is 6.57. The van der Waals surface area contributed by atoms with E-state index in [1.165, 1.54) is 11.3 Å². The summed E-state index contributed by atoms with van der Waals surface area (Å²) in [7, 11) is -3.44. The van der Waals surface area contributed by atoms with E-state index in [-0.39, 0.29) is 12.0 Å². The van der Waals surface area contributed by atoms with E-state index >= 15 is 0 Å². The highest BCUT2D eigenvalue weighted by molar-refractivity contribution is 7.89. The standard InChI is InChI=1S/C13H22N2O2S2/c1-9(2)13(4-5-13)8-15-19(16,17)12-10(3)7-18-11(12)6-14/h7,9,15H,4-6,8,14H2,1-3H3. The minimum absolute atomic E-state index is 0.167. The molecule has 6 heteroatoms. The molecule has 0 radical (unpaired) electrons. The van der Waals surface area contributed by atoms with Crippen LogP contribution in [0.1, 0.15) is 37.1 Å². The van der Waals surface area contributed by atoms with Crippen LogP contribution < -0.4 is 10.5 Å². The predicted molar refractivity (Wildman–Crippen MR) is 78.6 cm³/mol. The Labute approximate surface area is 119 Å². The van der Waals surface area contributed by atoms with E-state index in [1.807, 2.05) is 12.3 Å². The van der Waals surface area contributed by atoms with Crippen LogP contribution in [0.25, 0.3) is 0 Å². The number of hydrogen-bond donors (Lipinski definition) is 2. The molecule has 0 unspecified atom stereocenters. The Morgan fingerprint density at radius 1 is 1.47 bits per heavy atom. The molecule has 3 N–H and O–H groups in total. The number of thiophene rings is 1. The van der Waals surface area contributed by atoms with Crippen LogP contribution in [-0.4, -0.2) is 15.0 Å². The zero-order valence-electron chi connectivity index (χ0n) is 11.7. The Morgan fingerprint density at radius 3 is 2.58 bits per heavy atom. The normalized spacial score (nSPS) is 17.9. The van der Waals surface area contributed by atoms with E-state index < -0.39 is 10.0 Å². The van der Waals surface area contributed by atoms with E-state index in [1.54, 1.807) is 0 Å². The van der Waals surface area contributed by atoms with Gasteiger partial charge in [-0.05, 0) is 42.0 Å². The Morgan fingerprint density at radius 2 is 2.11 bits per heavy atom. The van der Waals surface area contributed by atoms with Crippen LogP contribution in [0.15, 0.2) is 10.3 Å². The van der Waals surface area contributed by atoms with Crippen LogP contribution in [0, 0.1) is 18.3 Å². The summed E-state index contributed by atoms with van der Waals surface area (Å²) in [6.07, 6.45) is 2.22. The molecule has 1 heterocycles. The molecule has 1 fully saturated rings. The molecular formula is C13H22N2O2S2. The lowest BCUT2D eigenvalue weighted by Crippen LogP contribution is -2.33. The molecule has 1 aromatic heterocycles. The Bertz CT molecular complexity index is 557. The second-order valence-corrected chi connectivity index (χ2v) is 8.38. The van der Waals surface area contributed by atoms with Crippen LogP contribution >= 0.6 is 11.3 Å². The summed E-state index contributed by atoms with van der Waals surface area (Å²) >= 11 is 1.41. The number of aryl methyl sites for hydroxylation is 1. The maximum absolute atomic E-state index is 12.4. The van der Waals surface area contributed by atoms with Crippen molar-refractivity contribution in [2.24, 2.45) is 17.1 Å². The van der Waals surface area contributed by atoms with Crippen molar-refractivity contribution in [2.45, 2.75) is 45.1 Å². The Hall–Kier alpha value is -0.430. The van der Waals surface area contributed by atoms with E-state index in [4.69, 9.17) is 5.73 Å². The SMILES string of the molecule is Cc1csc(CN)c1S(=O)(=O)NCC1(C(C)C)CC1. The monoisotopic (exact) mass is 302 g/mol. The summed E-state index contributed by atoms with van der Waals surface area (Å²) < 4.78 is 27.6. The van der Waals surface area contributed by atoms with Gasteiger partial charge in [0.1, 0.15) is 4.90 Å². The van der Waals surface area contributed by atoms with Gasteiger partial charge in [-0.1, -0.05) is 13.8 Å². The molecule has 19 heavy (non-hydrogen) atoms. The second-order valence-electron chi connectivity index (χ2n) is 5.72. The van der Waals surface area contributed by atoms with Gasteiger partial charge in [-0.2, -0.15) is 0 Å². The fourth-order valence-corrected chi connectivity index (χ4v) is 5.26. The van der Waals surface area contributed by atoms with Crippen molar-refractivity contribution < 1.29 is 8.42 Å². The molecular weight excluding hydrogens is 280 g/mol. The molecule has 108 valence electrons. The van der Waals surface area contributed by atoms with Crippen LogP contribution in [0.2, 0.25) is 0 Å². The number of rotatable bonds is 6. The third kappa shape index (κ3) is 2.86. The van der Waals surface area contributed by atoms with Gasteiger partial charge < -0.3 is 5.73 Å². The molecule has 0 bridgehead atoms. The van der Waals surface area contributed by atoms with Crippen molar-refractivity contribution in [3.8, 4) is 0 Å². The van der Waals surface area contributed by atoms with Gasteiger partial charge in [-0.3, -0.25) is 0 Å². The molecule has 0 aliphatic heterocycles. The van der Waals surface area contributed by atoms with Gasteiger partial charge in [0.05, 0.1) is 0 Å². The third-order valence-corrected chi connectivity index (χ3v) is 7.06. The van der Waals surface area contributed by atoms with E-state index in [2.05, 4.69) is 18.6 Å². The topological polar surface area (TPSA) is 72.2 Å². The minimum Gasteiger partial charge on any atom is -0.326 e. The van der Waals surface area contributed by atoms with Gasteiger partial charge >= 0.3 is 0 Å². The first kappa shape index (κ1) is 15.0. The molecule has 2 rings (SSSR count). The minimum atomic E-state index is -3.44. The Kier molecular flexibility index (Phi) is 4.07. The number of nitrogens with two attached hydrogens (primary N) is 1. The predicted octanol–water partition coefficient (Wildman–Crippen LogP) is 2.23. The molecule has 1 aliphatic carbocycles. The molecule has 4 nitrogen and oxygen atoms in total. The first-order chi connectivity index (χ1) is 8.82. The van der Waals surface area contributed by atoms with Gasteiger partial charge in [0.2, 0.25) is 10.0 Å². The van der Waals surface area contributed by atoms with E-state index in [0.29, 0.717) is 17.4 Å². The summed E-state index contributed by atoms with van der Waals surface area (Å²) in [6, 6.07) is 0.